The molecule has 1 atom stereocenters. The summed E-state index contributed by atoms with van der Waals surface area (Å²) in [6.45, 7) is 0. The van der Waals surface area contributed by atoms with Crippen molar-refractivity contribution in [3.8, 4) is 61.3 Å². The maximum Gasteiger partial charge on any atom is 0.0754 e. The molecular formula is C67H44N2. The van der Waals surface area contributed by atoms with Crippen molar-refractivity contribution in [3.63, 3.8) is 0 Å². The van der Waals surface area contributed by atoms with Gasteiger partial charge in [0.1, 0.15) is 0 Å². The first-order chi connectivity index (χ1) is 34.3. The average molecular weight is 877 g/mol. The average Bonchev–Trinajstić information content (AvgIpc) is 3.92. The molecular weight excluding hydrogens is 833 g/mol. The molecule has 1 aromatic heterocycles. The first kappa shape index (κ1) is 39.2. The van der Waals surface area contributed by atoms with Crippen LogP contribution >= 0.6 is 0 Å². The summed E-state index contributed by atoms with van der Waals surface area (Å²) >= 11 is 0. The molecule has 322 valence electrons. The smallest absolute Gasteiger partial charge is 0.0754 e. The van der Waals surface area contributed by atoms with Crippen LogP contribution < -0.4 is 4.90 Å². The van der Waals surface area contributed by atoms with E-state index >= 15 is 0 Å². The van der Waals surface area contributed by atoms with E-state index in [2.05, 4.69) is 276 Å². The maximum atomic E-state index is 2.52. The Bertz CT molecular complexity index is 3940. The van der Waals surface area contributed by atoms with E-state index in [1.807, 2.05) is 0 Å². The van der Waals surface area contributed by atoms with Gasteiger partial charge in [0.15, 0.2) is 0 Å². The van der Waals surface area contributed by atoms with Gasteiger partial charge >= 0.3 is 0 Å². The number of nitrogens with zero attached hydrogens (tertiary/aromatic N) is 2. The number of aromatic nitrogens is 1. The minimum atomic E-state index is -0.511. The summed E-state index contributed by atoms with van der Waals surface area (Å²) in [4.78, 5) is 2.44. The van der Waals surface area contributed by atoms with E-state index in [-0.39, 0.29) is 0 Å². The first-order valence-electron chi connectivity index (χ1n) is 23.9. The second-order valence-electron chi connectivity index (χ2n) is 18.4. The van der Waals surface area contributed by atoms with Crippen LogP contribution in [-0.2, 0) is 5.41 Å². The lowest BCUT2D eigenvalue weighted by molar-refractivity contribution is 0.749. The van der Waals surface area contributed by atoms with Crippen molar-refractivity contribution in [2.75, 3.05) is 4.90 Å². The molecule has 0 saturated carbocycles. The molecule has 0 fully saturated rings. The van der Waals surface area contributed by atoms with Crippen molar-refractivity contribution in [1.29, 1.82) is 0 Å². The normalized spacial score (nSPS) is 14.1. The van der Waals surface area contributed by atoms with Crippen molar-refractivity contribution in [2.24, 2.45) is 0 Å². The van der Waals surface area contributed by atoms with Crippen LogP contribution in [0.4, 0.5) is 17.1 Å². The fraction of sp³-hybridized carbons (Fsp3) is 0.0149. The molecule has 1 aliphatic heterocycles. The Balaban J connectivity index is 0.935. The van der Waals surface area contributed by atoms with Crippen LogP contribution in [0.5, 0.6) is 0 Å². The van der Waals surface area contributed by atoms with Crippen molar-refractivity contribution in [2.45, 2.75) is 5.41 Å². The van der Waals surface area contributed by atoms with Crippen LogP contribution in [0, 0.1) is 0 Å². The highest BCUT2D eigenvalue weighted by molar-refractivity contribution is 6.13. The third kappa shape index (κ3) is 5.86. The Kier molecular flexibility index (Phi) is 8.84. The Hall–Kier alpha value is -8.98. The van der Waals surface area contributed by atoms with Gasteiger partial charge in [-0.1, -0.05) is 224 Å². The van der Waals surface area contributed by atoms with E-state index < -0.39 is 5.41 Å². The molecule has 1 spiro atoms. The Labute approximate surface area is 402 Å². The SMILES string of the molecule is c1ccc(-c2ccc(-c3ccccc3N(c3ccc(-c4ccc5c(c4)C4(c6ccccc6-5)c5ccccc5-n5c6ccccc6c6cccc4c65)cc3)c3ccccc3-c3ccccc3)cc2)cc1. The Morgan fingerprint density at radius 1 is 0.290 bits per heavy atom. The van der Waals surface area contributed by atoms with Gasteiger partial charge in [0.2, 0.25) is 0 Å². The topological polar surface area (TPSA) is 8.17 Å². The lowest BCUT2D eigenvalue weighted by atomic mass is 9.65. The summed E-state index contributed by atoms with van der Waals surface area (Å²) in [6.07, 6.45) is 0. The zero-order valence-electron chi connectivity index (χ0n) is 37.8. The number of rotatable bonds is 7. The molecule has 69 heavy (non-hydrogen) atoms. The molecule has 0 amide bonds. The van der Waals surface area contributed by atoms with Crippen molar-refractivity contribution in [1.82, 2.24) is 4.57 Å². The quantitative estimate of drug-likeness (QED) is 0.155. The summed E-state index contributed by atoms with van der Waals surface area (Å²) < 4.78 is 2.52. The third-order valence-electron chi connectivity index (χ3n) is 14.8. The van der Waals surface area contributed by atoms with Gasteiger partial charge in [0.25, 0.3) is 0 Å². The summed E-state index contributed by atoms with van der Waals surface area (Å²) in [7, 11) is 0. The molecule has 0 radical (unpaired) electrons. The van der Waals surface area contributed by atoms with Crippen molar-refractivity contribution >= 4 is 38.9 Å². The van der Waals surface area contributed by atoms with Crippen LogP contribution in [0.25, 0.3) is 83.1 Å². The molecule has 14 rings (SSSR count). The predicted molar refractivity (Wildman–Crippen MR) is 288 cm³/mol. The number of para-hydroxylation sites is 5. The van der Waals surface area contributed by atoms with Crippen LogP contribution in [0.1, 0.15) is 22.3 Å². The number of benzene rings is 11. The maximum absolute atomic E-state index is 2.52. The van der Waals surface area contributed by atoms with Crippen LogP contribution in [0.15, 0.2) is 267 Å². The first-order valence-corrected chi connectivity index (χ1v) is 23.9. The molecule has 0 N–H and O–H groups in total. The molecule has 0 saturated heterocycles. The highest BCUT2D eigenvalue weighted by Gasteiger charge is 2.50. The fourth-order valence-electron chi connectivity index (χ4n) is 11.9. The summed E-state index contributed by atoms with van der Waals surface area (Å²) in [5.41, 5.74) is 23.9. The number of hydrogen-bond acceptors (Lipinski definition) is 1. The molecule has 11 aromatic carbocycles. The summed E-state index contributed by atoms with van der Waals surface area (Å²) in [5, 5.41) is 2.57. The molecule has 1 aliphatic carbocycles. The van der Waals surface area contributed by atoms with Crippen LogP contribution in [0.2, 0.25) is 0 Å². The molecule has 0 bridgehead atoms. The molecule has 2 nitrogen and oxygen atoms in total. The highest BCUT2D eigenvalue weighted by Crippen LogP contribution is 2.61. The standard InChI is InChI=1S/C67H44N2/c1-3-18-45(19-4-1)46-34-36-49(37-35-46)53-23-9-14-31-63(53)68(62-30-13-8-22-52(62)48-20-5-2-6-21-48)51-41-38-47(39-42-51)50-40-43-55-54-24-7-11-27-58(54)67(61(55)44-50)59-28-12-16-33-65(59)69-64-32-15-10-25-56(64)57-26-17-29-60(67)66(57)69/h1-44H. The van der Waals surface area contributed by atoms with Gasteiger partial charge in [0.05, 0.1) is 33.5 Å². The molecule has 2 aliphatic rings. The highest BCUT2D eigenvalue weighted by atomic mass is 15.1. The second kappa shape index (κ2) is 15.6. The second-order valence-corrected chi connectivity index (χ2v) is 18.4. The van der Waals surface area contributed by atoms with Gasteiger partial charge in [-0.05, 0) is 109 Å². The van der Waals surface area contributed by atoms with E-state index in [4.69, 9.17) is 0 Å². The molecule has 1 unspecified atom stereocenters. The van der Waals surface area contributed by atoms with Gasteiger partial charge < -0.3 is 9.47 Å². The van der Waals surface area contributed by atoms with Crippen molar-refractivity contribution in [3.05, 3.63) is 289 Å². The predicted octanol–water partition coefficient (Wildman–Crippen LogP) is 17.6. The molecule has 12 aromatic rings. The Morgan fingerprint density at radius 2 is 0.768 bits per heavy atom. The van der Waals surface area contributed by atoms with E-state index in [0.29, 0.717) is 0 Å². The largest absolute Gasteiger partial charge is 0.309 e. The monoisotopic (exact) mass is 876 g/mol. The number of fused-ring (bicyclic) bond motifs is 12. The zero-order chi connectivity index (χ0) is 45.5. The number of anilines is 3. The van der Waals surface area contributed by atoms with E-state index in [1.165, 1.54) is 94.3 Å². The van der Waals surface area contributed by atoms with E-state index in [1.54, 1.807) is 0 Å². The van der Waals surface area contributed by atoms with Gasteiger partial charge in [-0.3, -0.25) is 0 Å². The summed E-state index contributed by atoms with van der Waals surface area (Å²) in [6, 6.07) is 98.5. The van der Waals surface area contributed by atoms with Gasteiger partial charge in [0, 0.05) is 27.6 Å². The van der Waals surface area contributed by atoms with Crippen LogP contribution in [0.3, 0.4) is 0 Å². The van der Waals surface area contributed by atoms with Crippen LogP contribution in [-0.4, -0.2) is 4.57 Å². The molecule has 2 heteroatoms. The molecule has 2 heterocycles. The number of hydrogen-bond donors (Lipinski definition) is 0. The fourth-order valence-corrected chi connectivity index (χ4v) is 11.9. The van der Waals surface area contributed by atoms with Gasteiger partial charge in [-0.15, -0.1) is 0 Å². The van der Waals surface area contributed by atoms with Gasteiger partial charge in [-0.25, -0.2) is 0 Å². The third-order valence-corrected chi connectivity index (χ3v) is 14.8. The zero-order valence-corrected chi connectivity index (χ0v) is 37.8. The van der Waals surface area contributed by atoms with Gasteiger partial charge in [-0.2, -0.15) is 0 Å². The lowest BCUT2D eigenvalue weighted by Crippen LogP contribution is -2.33. The van der Waals surface area contributed by atoms with E-state index in [0.717, 1.165) is 28.2 Å². The van der Waals surface area contributed by atoms with Crippen molar-refractivity contribution < 1.29 is 0 Å². The van der Waals surface area contributed by atoms with E-state index in [9.17, 15) is 0 Å². The summed E-state index contributed by atoms with van der Waals surface area (Å²) in [5.74, 6) is 0. The Morgan fingerprint density at radius 3 is 1.51 bits per heavy atom. The minimum Gasteiger partial charge on any atom is -0.309 e. The minimum absolute atomic E-state index is 0.511. The lowest BCUT2D eigenvalue weighted by Gasteiger charge is -2.39.